The molecule has 2 atom stereocenters. The van der Waals surface area contributed by atoms with Gasteiger partial charge in [0.1, 0.15) is 0 Å². The van der Waals surface area contributed by atoms with E-state index in [0.29, 0.717) is 11.5 Å². The molecule has 2 heteroatoms. The summed E-state index contributed by atoms with van der Waals surface area (Å²) in [6.45, 7) is 5.57. The minimum absolute atomic E-state index is 0.219. The van der Waals surface area contributed by atoms with Crippen molar-refractivity contribution in [3.8, 4) is 0 Å². The monoisotopic (exact) mass is 204 g/mol. The van der Waals surface area contributed by atoms with E-state index in [1.807, 2.05) is 6.07 Å². The first-order valence-corrected chi connectivity index (χ1v) is 5.62. The van der Waals surface area contributed by atoms with Crippen molar-refractivity contribution in [1.82, 2.24) is 5.32 Å². The first-order chi connectivity index (χ1) is 7.08. The smallest absolute Gasteiger partial charge is 0.0474 e. The number of hydrogen-bond acceptors (Lipinski definition) is 2. The van der Waals surface area contributed by atoms with Gasteiger partial charge >= 0.3 is 0 Å². The van der Waals surface area contributed by atoms with Gasteiger partial charge in [0.05, 0.1) is 0 Å². The zero-order valence-electron chi connectivity index (χ0n) is 9.53. The van der Waals surface area contributed by atoms with Crippen LogP contribution in [0.5, 0.6) is 0 Å². The van der Waals surface area contributed by atoms with Crippen molar-refractivity contribution in [2.75, 3.05) is 6.54 Å². The molecule has 1 saturated heterocycles. The predicted octanol–water partition coefficient (Wildman–Crippen LogP) is 2.07. The van der Waals surface area contributed by atoms with E-state index in [0.717, 1.165) is 13.0 Å². The average molecular weight is 204 g/mol. The summed E-state index contributed by atoms with van der Waals surface area (Å²) >= 11 is 0. The van der Waals surface area contributed by atoms with E-state index in [9.17, 15) is 0 Å². The molecule has 1 heterocycles. The topological polar surface area (TPSA) is 38.0 Å². The lowest BCUT2D eigenvalue weighted by Crippen LogP contribution is -2.50. The molecule has 0 bridgehead atoms. The Labute approximate surface area is 91.9 Å². The molecule has 1 aliphatic heterocycles. The van der Waals surface area contributed by atoms with Crippen LogP contribution in [0.15, 0.2) is 30.3 Å². The maximum absolute atomic E-state index is 6.22. The van der Waals surface area contributed by atoms with Gasteiger partial charge in [-0.25, -0.2) is 0 Å². The van der Waals surface area contributed by atoms with Crippen molar-refractivity contribution < 1.29 is 0 Å². The molecule has 2 rings (SSSR count). The highest BCUT2D eigenvalue weighted by Crippen LogP contribution is 2.31. The molecule has 3 N–H and O–H groups in total. The van der Waals surface area contributed by atoms with E-state index in [2.05, 4.69) is 43.4 Å². The number of piperidine rings is 1. The molecule has 0 aliphatic carbocycles. The Morgan fingerprint density at radius 3 is 2.53 bits per heavy atom. The second-order valence-corrected chi connectivity index (χ2v) is 5.30. The van der Waals surface area contributed by atoms with Gasteiger partial charge in [-0.15, -0.1) is 0 Å². The van der Waals surface area contributed by atoms with Crippen LogP contribution in [0.2, 0.25) is 0 Å². The molecule has 1 aromatic rings. The highest BCUT2D eigenvalue weighted by Gasteiger charge is 2.32. The summed E-state index contributed by atoms with van der Waals surface area (Å²) in [5.74, 6) is 0. The molecule has 82 valence electrons. The third-order valence-electron chi connectivity index (χ3n) is 3.18. The summed E-state index contributed by atoms with van der Waals surface area (Å²) in [6, 6.07) is 11.0. The summed E-state index contributed by atoms with van der Waals surface area (Å²) in [6.07, 6.45) is 1.08. The molecular weight excluding hydrogens is 184 g/mol. The molecule has 2 unspecified atom stereocenters. The predicted molar refractivity (Wildman–Crippen MR) is 63.6 cm³/mol. The lowest BCUT2D eigenvalue weighted by atomic mass is 9.78. The Kier molecular flexibility index (Phi) is 2.81. The molecule has 0 radical (unpaired) electrons. The largest absolute Gasteiger partial charge is 0.326 e. The third-order valence-corrected chi connectivity index (χ3v) is 3.18. The van der Waals surface area contributed by atoms with E-state index in [4.69, 9.17) is 5.73 Å². The van der Waals surface area contributed by atoms with Crippen molar-refractivity contribution in [3.05, 3.63) is 35.9 Å². The highest BCUT2D eigenvalue weighted by atomic mass is 15.0. The highest BCUT2D eigenvalue weighted by molar-refractivity contribution is 5.21. The maximum atomic E-state index is 6.22. The van der Waals surface area contributed by atoms with Crippen LogP contribution in [0, 0.1) is 5.41 Å². The van der Waals surface area contributed by atoms with E-state index in [1.165, 1.54) is 5.56 Å². The second kappa shape index (κ2) is 3.95. The SMILES string of the molecule is CC1(C)CNC(c2ccccc2)C(N)C1. The molecule has 1 aromatic carbocycles. The number of benzene rings is 1. The molecule has 1 aliphatic rings. The number of hydrogen-bond donors (Lipinski definition) is 2. The lowest BCUT2D eigenvalue weighted by Gasteiger charge is -2.40. The number of nitrogens with one attached hydrogen (secondary N) is 1. The Hall–Kier alpha value is -0.860. The summed E-state index contributed by atoms with van der Waals surface area (Å²) in [5.41, 5.74) is 7.85. The molecule has 0 aromatic heterocycles. The van der Waals surface area contributed by atoms with Gasteiger partial charge in [-0.3, -0.25) is 0 Å². The Balaban J connectivity index is 2.13. The Morgan fingerprint density at radius 1 is 1.27 bits per heavy atom. The van der Waals surface area contributed by atoms with E-state index >= 15 is 0 Å². The zero-order chi connectivity index (χ0) is 10.9. The van der Waals surface area contributed by atoms with Crippen LogP contribution < -0.4 is 11.1 Å². The number of rotatable bonds is 1. The van der Waals surface area contributed by atoms with Gasteiger partial charge in [-0.1, -0.05) is 44.2 Å². The molecule has 2 nitrogen and oxygen atoms in total. The first kappa shape index (κ1) is 10.7. The van der Waals surface area contributed by atoms with E-state index in [1.54, 1.807) is 0 Å². The van der Waals surface area contributed by atoms with E-state index in [-0.39, 0.29) is 6.04 Å². The van der Waals surface area contributed by atoms with Gasteiger partial charge in [0.25, 0.3) is 0 Å². The first-order valence-electron chi connectivity index (χ1n) is 5.62. The molecule has 15 heavy (non-hydrogen) atoms. The fraction of sp³-hybridized carbons (Fsp3) is 0.538. The lowest BCUT2D eigenvalue weighted by molar-refractivity contribution is 0.197. The fourth-order valence-corrected chi connectivity index (χ4v) is 2.39. The summed E-state index contributed by atoms with van der Waals surface area (Å²) < 4.78 is 0. The molecular formula is C13H20N2. The van der Waals surface area contributed by atoms with Crippen LogP contribution in [0.3, 0.4) is 0 Å². The van der Waals surface area contributed by atoms with Gasteiger partial charge in [0.15, 0.2) is 0 Å². The molecule has 1 fully saturated rings. The van der Waals surface area contributed by atoms with Gasteiger partial charge in [0.2, 0.25) is 0 Å². The minimum Gasteiger partial charge on any atom is -0.326 e. The van der Waals surface area contributed by atoms with Crippen molar-refractivity contribution >= 4 is 0 Å². The summed E-state index contributed by atoms with van der Waals surface area (Å²) in [7, 11) is 0. The minimum atomic E-state index is 0.219. The van der Waals surface area contributed by atoms with Crippen molar-refractivity contribution in [3.63, 3.8) is 0 Å². The maximum Gasteiger partial charge on any atom is 0.0474 e. The van der Waals surface area contributed by atoms with Crippen LogP contribution in [0.4, 0.5) is 0 Å². The Morgan fingerprint density at radius 2 is 1.93 bits per heavy atom. The molecule has 0 saturated carbocycles. The average Bonchev–Trinajstić information content (AvgIpc) is 2.17. The third kappa shape index (κ3) is 2.39. The van der Waals surface area contributed by atoms with Crippen molar-refractivity contribution in [2.45, 2.75) is 32.4 Å². The van der Waals surface area contributed by atoms with Crippen LogP contribution in [0.1, 0.15) is 31.9 Å². The van der Waals surface area contributed by atoms with Crippen LogP contribution in [-0.2, 0) is 0 Å². The summed E-state index contributed by atoms with van der Waals surface area (Å²) in [5, 5.41) is 3.55. The fourth-order valence-electron chi connectivity index (χ4n) is 2.39. The van der Waals surface area contributed by atoms with Gasteiger partial charge in [-0.05, 0) is 17.4 Å². The molecule has 0 amide bonds. The van der Waals surface area contributed by atoms with Crippen LogP contribution in [-0.4, -0.2) is 12.6 Å². The second-order valence-electron chi connectivity index (χ2n) is 5.30. The normalized spacial score (nSPS) is 30.1. The van der Waals surface area contributed by atoms with Crippen LogP contribution >= 0.6 is 0 Å². The quantitative estimate of drug-likeness (QED) is 0.735. The Bertz CT molecular complexity index is 319. The van der Waals surface area contributed by atoms with E-state index < -0.39 is 0 Å². The standard InChI is InChI=1S/C13H20N2/c1-13(2)8-11(14)12(15-9-13)10-6-4-3-5-7-10/h3-7,11-12,15H,8-9,14H2,1-2H3. The van der Waals surface area contributed by atoms with Crippen molar-refractivity contribution in [2.24, 2.45) is 11.1 Å². The number of nitrogens with two attached hydrogens (primary N) is 1. The zero-order valence-corrected chi connectivity index (χ0v) is 9.53. The summed E-state index contributed by atoms with van der Waals surface area (Å²) in [4.78, 5) is 0. The van der Waals surface area contributed by atoms with Crippen molar-refractivity contribution in [1.29, 1.82) is 0 Å². The van der Waals surface area contributed by atoms with Gasteiger partial charge < -0.3 is 11.1 Å². The van der Waals surface area contributed by atoms with Gasteiger partial charge in [0, 0.05) is 18.6 Å². The van der Waals surface area contributed by atoms with Gasteiger partial charge in [-0.2, -0.15) is 0 Å². The molecule has 0 spiro atoms. The van der Waals surface area contributed by atoms with Crippen LogP contribution in [0.25, 0.3) is 0 Å².